The summed E-state index contributed by atoms with van der Waals surface area (Å²) in [5.74, 6) is 0. The van der Waals surface area contributed by atoms with E-state index in [0.717, 1.165) is 5.56 Å². The highest BCUT2D eigenvalue weighted by atomic mass is 79.9. The fourth-order valence-corrected chi connectivity index (χ4v) is 2.70. The van der Waals surface area contributed by atoms with Gasteiger partial charge in [-0.05, 0) is 11.6 Å². The minimum Gasteiger partial charge on any atom is -0.100 e. The molecule has 14 heavy (non-hydrogen) atoms. The summed E-state index contributed by atoms with van der Waals surface area (Å²) in [5, 5.41) is 0. The second-order valence-corrected chi connectivity index (χ2v) is 6.77. The van der Waals surface area contributed by atoms with Gasteiger partial charge in [0, 0.05) is 10.0 Å². The lowest BCUT2D eigenvalue weighted by Crippen LogP contribution is -2.01. The molecule has 78 valence electrons. The molecule has 0 fully saturated rings. The van der Waals surface area contributed by atoms with E-state index >= 15 is 0 Å². The summed E-state index contributed by atoms with van der Waals surface area (Å²) in [6, 6.07) is 5.11. The zero-order chi connectivity index (χ0) is 10.9. The third-order valence-electron chi connectivity index (χ3n) is 1.55. The lowest BCUT2D eigenvalue weighted by Gasteiger charge is -2.14. The molecule has 0 saturated carbocycles. The van der Waals surface area contributed by atoms with Gasteiger partial charge in [0.15, 0.2) is 0 Å². The zero-order valence-corrected chi connectivity index (χ0v) is 11.9. The molecule has 0 nitrogen and oxygen atoms in total. The first-order valence-corrected chi connectivity index (χ1v) is 6.27. The van der Waals surface area contributed by atoms with Gasteiger partial charge < -0.3 is 0 Å². The predicted molar refractivity (Wildman–Crippen MR) is 67.8 cm³/mol. The van der Waals surface area contributed by atoms with Crippen molar-refractivity contribution >= 4 is 73.9 Å². The summed E-state index contributed by atoms with van der Waals surface area (Å²) in [4.78, 5) is -0.587. The molecular weight excluding hydrogens is 353 g/mol. The van der Waals surface area contributed by atoms with Crippen LogP contribution in [0.1, 0.15) is 16.0 Å². The van der Waals surface area contributed by atoms with E-state index in [9.17, 15) is 0 Å². The van der Waals surface area contributed by atoms with Gasteiger partial charge in [-0.1, -0.05) is 62.9 Å². The largest absolute Gasteiger partial charge is 0.217 e. The maximum Gasteiger partial charge on any atom is 0.217 e. The minimum atomic E-state index is -1.45. The number of hydrogen-bond donors (Lipinski definition) is 0. The van der Waals surface area contributed by atoms with E-state index in [1.54, 1.807) is 18.2 Å². The summed E-state index contributed by atoms with van der Waals surface area (Å²) in [6.45, 7) is 0. The molecule has 0 amide bonds. The van der Waals surface area contributed by atoms with E-state index in [1.165, 1.54) is 0 Å². The van der Waals surface area contributed by atoms with Crippen LogP contribution < -0.4 is 0 Å². The molecule has 0 aliphatic carbocycles. The Kier molecular flexibility index (Phi) is 4.71. The van der Waals surface area contributed by atoms with Crippen LogP contribution in [-0.2, 0) is 3.79 Å². The molecule has 1 rings (SSSR count). The van der Waals surface area contributed by atoms with Crippen molar-refractivity contribution in [2.75, 3.05) is 0 Å². The smallest absolute Gasteiger partial charge is 0.100 e. The molecule has 0 aliphatic rings. The van der Waals surface area contributed by atoms with Gasteiger partial charge in [0.1, 0.15) is 4.84 Å². The lowest BCUT2D eigenvalue weighted by molar-refractivity contribution is 1.20. The van der Waals surface area contributed by atoms with Crippen molar-refractivity contribution in [2.45, 2.75) is 8.63 Å². The van der Waals surface area contributed by atoms with Gasteiger partial charge in [-0.2, -0.15) is 0 Å². The van der Waals surface area contributed by atoms with Gasteiger partial charge in [-0.15, -0.1) is 23.2 Å². The van der Waals surface area contributed by atoms with Crippen LogP contribution in [0.4, 0.5) is 0 Å². The highest BCUT2D eigenvalue weighted by molar-refractivity contribution is 9.10. The van der Waals surface area contributed by atoms with Crippen LogP contribution in [0.5, 0.6) is 0 Å². The van der Waals surface area contributed by atoms with Crippen LogP contribution in [0.3, 0.4) is 0 Å². The van der Waals surface area contributed by atoms with Crippen molar-refractivity contribution in [3.63, 3.8) is 0 Å². The monoisotopic (exact) mass is 354 g/mol. The number of hydrogen-bond acceptors (Lipinski definition) is 0. The zero-order valence-electron chi connectivity index (χ0n) is 6.58. The first kappa shape index (κ1) is 13.2. The number of rotatable bonds is 1. The van der Waals surface area contributed by atoms with Crippen LogP contribution in [0.25, 0.3) is 0 Å². The van der Waals surface area contributed by atoms with Crippen molar-refractivity contribution in [1.82, 2.24) is 0 Å². The van der Waals surface area contributed by atoms with Crippen LogP contribution in [0.2, 0.25) is 0 Å². The Labute approximate surface area is 116 Å². The van der Waals surface area contributed by atoms with Crippen molar-refractivity contribution < 1.29 is 0 Å². The van der Waals surface area contributed by atoms with Crippen LogP contribution in [-0.4, -0.2) is 0 Å². The highest BCUT2D eigenvalue weighted by Crippen LogP contribution is 2.43. The molecule has 1 aromatic rings. The van der Waals surface area contributed by atoms with Crippen molar-refractivity contribution in [2.24, 2.45) is 0 Å². The van der Waals surface area contributed by atoms with Gasteiger partial charge >= 0.3 is 0 Å². The third-order valence-corrected chi connectivity index (χ3v) is 3.32. The molecule has 0 spiro atoms. The topological polar surface area (TPSA) is 0 Å². The Morgan fingerprint density at radius 1 is 1.14 bits per heavy atom. The van der Waals surface area contributed by atoms with Gasteiger partial charge in [-0.25, -0.2) is 0 Å². The standard InChI is InChI=1S/C8H4BrCl5/c9-6-3-4(7(10)11)1-2-5(6)8(12,13)14/h1-3,7H. The highest BCUT2D eigenvalue weighted by Gasteiger charge is 2.25. The lowest BCUT2D eigenvalue weighted by atomic mass is 10.2. The quantitative estimate of drug-likeness (QED) is 0.561. The fraction of sp³-hybridized carbons (Fsp3) is 0.250. The van der Waals surface area contributed by atoms with Gasteiger partial charge in [-0.3, -0.25) is 0 Å². The summed E-state index contributed by atoms with van der Waals surface area (Å²) in [7, 11) is 0. The molecule has 0 saturated heterocycles. The van der Waals surface area contributed by atoms with Crippen LogP contribution in [0.15, 0.2) is 22.7 Å². The Morgan fingerprint density at radius 3 is 2.07 bits per heavy atom. The van der Waals surface area contributed by atoms with E-state index in [1.807, 2.05) is 0 Å². The molecule has 0 atom stereocenters. The first-order valence-electron chi connectivity index (χ1n) is 3.47. The molecule has 0 N–H and O–H groups in total. The number of halogens is 6. The molecular formula is C8H4BrCl5. The van der Waals surface area contributed by atoms with Crippen molar-refractivity contribution in [3.05, 3.63) is 33.8 Å². The molecule has 0 bridgehead atoms. The summed E-state index contributed by atoms with van der Waals surface area (Å²) < 4.78 is -0.785. The predicted octanol–water partition coefficient (Wildman–Crippen LogP) is 5.75. The molecule has 0 radical (unpaired) electrons. The average Bonchev–Trinajstić information content (AvgIpc) is 2.01. The molecule has 0 unspecified atom stereocenters. The second kappa shape index (κ2) is 4.99. The van der Waals surface area contributed by atoms with Gasteiger partial charge in [0.05, 0.1) is 0 Å². The molecule has 6 heteroatoms. The molecule has 0 aliphatic heterocycles. The Hall–Kier alpha value is 1.15. The Balaban J connectivity index is 3.15. The first-order chi connectivity index (χ1) is 6.32. The maximum absolute atomic E-state index is 5.73. The van der Waals surface area contributed by atoms with Gasteiger partial charge in [0.2, 0.25) is 3.79 Å². The number of benzene rings is 1. The van der Waals surface area contributed by atoms with E-state index in [2.05, 4.69) is 15.9 Å². The SMILES string of the molecule is ClC(Cl)c1ccc(C(Cl)(Cl)Cl)c(Br)c1. The van der Waals surface area contributed by atoms with E-state index in [-0.39, 0.29) is 0 Å². The number of alkyl halides is 5. The summed E-state index contributed by atoms with van der Waals surface area (Å²) >= 11 is 31.8. The molecule has 0 heterocycles. The Morgan fingerprint density at radius 2 is 1.71 bits per heavy atom. The van der Waals surface area contributed by atoms with Crippen LogP contribution in [0, 0.1) is 0 Å². The van der Waals surface area contributed by atoms with E-state index in [0.29, 0.717) is 10.0 Å². The van der Waals surface area contributed by atoms with Gasteiger partial charge in [0.25, 0.3) is 0 Å². The van der Waals surface area contributed by atoms with Crippen LogP contribution >= 0.6 is 73.9 Å². The summed E-state index contributed by atoms with van der Waals surface area (Å²) in [6.07, 6.45) is 0. The fourth-order valence-electron chi connectivity index (χ4n) is 0.897. The maximum atomic E-state index is 5.73. The molecule has 1 aromatic carbocycles. The van der Waals surface area contributed by atoms with Crippen molar-refractivity contribution in [1.29, 1.82) is 0 Å². The Bertz CT molecular complexity index is 331. The van der Waals surface area contributed by atoms with E-state index in [4.69, 9.17) is 58.0 Å². The average molecular weight is 357 g/mol. The van der Waals surface area contributed by atoms with E-state index < -0.39 is 8.63 Å². The normalized spacial score (nSPS) is 12.2. The summed E-state index contributed by atoms with van der Waals surface area (Å²) in [5.41, 5.74) is 1.30. The minimum absolute atomic E-state index is 0.556. The van der Waals surface area contributed by atoms with Crippen molar-refractivity contribution in [3.8, 4) is 0 Å². The third kappa shape index (κ3) is 3.33. The molecule has 0 aromatic heterocycles. The second-order valence-electron chi connectivity index (χ2n) is 2.54.